The van der Waals surface area contributed by atoms with Crippen LogP contribution in [-0.4, -0.2) is 22.9 Å². The van der Waals surface area contributed by atoms with Gasteiger partial charge in [0.15, 0.2) is 0 Å². The quantitative estimate of drug-likeness (QED) is 0.786. The molecule has 1 atom stereocenters. The smallest absolute Gasteiger partial charge is 0.134 e. The summed E-state index contributed by atoms with van der Waals surface area (Å²) in [5.74, 6) is 0.263. The lowest BCUT2D eigenvalue weighted by atomic mass is 10.1. The summed E-state index contributed by atoms with van der Waals surface area (Å²) in [5.41, 5.74) is 1.93. The molecule has 0 saturated heterocycles. The number of phenols is 1. The van der Waals surface area contributed by atoms with E-state index in [2.05, 4.69) is 21.2 Å². The van der Waals surface area contributed by atoms with Crippen LogP contribution in [0.2, 0.25) is 0 Å². The fourth-order valence-electron chi connectivity index (χ4n) is 1.36. The summed E-state index contributed by atoms with van der Waals surface area (Å²) in [5, 5.41) is 21.9. The van der Waals surface area contributed by atoms with Crippen LogP contribution in [0.3, 0.4) is 0 Å². The summed E-state index contributed by atoms with van der Waals surface area (Å²) in [6.07, 6.45) is -0.375. The minimum Gasteiger partial charge on any atom is -0.506 e. The van der Waals surface area contributed by atoms with Crippen molar-refractivity contribution >= 4 is 15.9 Å². The molecule has 3 nitrogen and oxygen atoms in total. The first-order chi connectivity index (χ1) is 7.00. The molecule has 0 aliphatic rings. The number of benzene rings is 1. The van der Waals surface area contributed by atoms with Crippen molar-refractivity contribution in [1.82, 2.24) is 5.32 Å². The Kier molecular flexibility index (Phi) is 4.57. The maximum atomic E-state index is 9.74. The van der Waals surface area contributed by atoms with Gasteiger partial charge in [0.25, 0.3) is 0 Å². The van der Waals surface area contributed by atoms with Crippen LogP contribution in [0.4, 0.5) is 0 Å². The molecule has 0 bridgehead atoms. The Morgan fingerprint density at radius 2 is 2.13 bits per heavy atom. The number of rotatable bonds is 4. The molecule has 3 N–H and O–H groups in total. The summed E-state index contributed by atoms with van der Waals surface area (Å²) in [7, 11) is 0. The zero-order valence-electron chi connectivity index (χ0n) is 8.92. The number of hydrogen-bond acceptors (Lipinski definition) is 3. The maximum absolute atomic E-state index is 9.74. The first-order valence-electron chi connectivity index (χ1n) is 4.87. The molecule has 0 aromatic heterocycles. The van der Waals surface area contributed by atoms with Crippen LogP contribution in [-0.2, 0) is 6.54 Å². The minimum atomic E-state index is -0.375. The predicted octanol–water partition coefficient (Wildman–Crippen LogP) is 1.93. The molecule has 1 rings (SSSR count). The second kappa shape index (κ2) is 5.49. The van der Waals surface area contributed by atoms with Gasteiger partial charge in [-0.3, -0.25) is 0 Å². The predicted molar refractivity (Wildman–Crippen MR) is 63.9 cm³/mol. The SMILES string of the molecule is Cc1cc(Br)c(O)c(CNC[C@H](C)O)c1. The van der Waals surface area contributed by atoms with E-state index in [4.69, 9.17) is 5.11 Å². The van der Waals surface area contributed by atoms with Crippen LogP contribution < -0.4 is 5.32 Å². The Morgan fingerprint density at radius 1 is 1.47 bits per heavy atom. The van der Waals surface area contributed by atoms with Crippen LogP contribution >= 0.6 is 15.9 Å². The van der Waals surface area contributed by atoms with E-state index in [-0.39, 0.29) is 11.9 Å². The number of aliphatic hydroxyl groups excluding tert-OH is 1. The van der Waals surface area contributed by atoms with E-state index in [1.165, 1.54) is 0 Å². The topological polar surface area (TPSA) is 52.5 Å². The molecule has 15 heavy (non-hydrogen) atoms. The highest BCUT2D eigenvalue weighted by Gasteiger charge is 2.06. The number of aryl methyl sites for hydroxylation is 1. The fraction of sp³-hybridized carbons (Fsp3) is 0.455. The summed E-state index contributed by atoms with van der Waals surface area (Å²) in [6.45, 7) is 4.77. The third kappa shape index (κ3) is 3.81. The summed E-state index contributed by atoms with van der Waals surface area (Å²) in [4.78, 5) is 0. The molecule has 0 unspecified atom stereocenters. The van der Waals surface area contributed by atoms with Gasteiger partial charge in [0.2, 0.25) is 0 Å². The molecule has 1 aromatic carbocycles. The number of hydrogen-bond donors (Lipinski definition) is 3. The number of phenolic OH excluding ortho intramolecular Hbond substituents is 1. The van der Waals surface area contributed by atoms with Crippen molar-refractivity contribution < 1.29 is 10.2 Å². The maximum Gasteiger partial charge on any atom is 0.134 e. The lowest BCUT2D eigenvalue weighted by Crippen LogP contribution is -2.23. The van der Waals surface area contributed by atoms with Gasteiger partial charge in [-0.05, 0) is 41.4 Å². The number of nitrogens with one attached hydrogen (secondary N) is 1. The van der Waals surface area contributed by atoms with Crippen molar-refractivity contribution in [3.05, 3.63) is 27.7 Å². The standard InChI is InChI=1S/C11H16BrNO2/c1-7-3-9(6-13-5-8(2)14)11(15)10(12)4-7/h3-4,8,13-15H,5-6H2,1-2H3/t8-/m0/s1. The third-order valence-electron chi connectivity index (χ3n) is 2.04. The van der Waals surface area contributed by atoms with Gasteiger partial charge in [0, 0.05) is 18.7 Å². The molecule has 1 aromatic rings. The van der Waals surface area contributed by atoms with E-state index >= 15 is 0 Å². The van der Waals surface area contributed by atoms with Crippen molar-refractivity contribution in [2.75, 3.05) is 6.54 Å². The van der Waals surface area contributed by atoms with Crippen LogP contribution in [0.1, 0.15) is 18.1 Å². The van der Waals surface area contributed by atoms with E-state index in [1.54, 1.807) is 6.92 Å². The Labute approximate surface area is 98.3 Å². The molecule has 0 spiro atoms. The lowest BCUT2D eigenvalue weighted by molar-refractivity contribution is 0.191. The van der Waals surface area contributed by atoms with Gasteiger partial charge in [-0.15, -0.1) is 0 Å². The average Bonchev–Trinajstić information content (AvgIpc) is 2.12. The second-order valence-corrected chi connectivity index (χ2v) is 4.59. The van der Waals surface area contributed by atoms with Crippen molar-refractivity contribution in [3.63, 3.8) is 0 Å². The normalized spacial score (nSPS) is 12.8. The summed E-state index contributed by atoms with van der Waals surface area (Å²) < 4.78 is 0.705. The molecule has 4 heteroatoms. The largest absolute Gasteiger partial charge is 0.506 e. The second-order valence-electron chi connectivity index (χ2n) is 3.73. The molecular weight excluding hydrogens is 258 g/mol. The Balaban J connectivity index is 2.68. The number of aliphatic hydroxyl groups is 1. The first-order valence-corrected chi connectivity index (χ1v) is 5.66. The van der Waals surface area contributed by atoms with Crippen LogP contribution in [0, 0.1) is 6.92 Å². The molecule has 0 radical (unpaired) electrons. The molecule has 0 amide bonds. The minimum absolute atomic E-state index is 0.263. The number of aromatic hydroxyl groups is 1. The first kappa shape index (κ1) is 12.5. The van der Waals surface area contributed by atoms with Crippen molar-refractivity contribution in [2.45, 2.75) is 26.5 Å². The van der Waals surface area contributed by atoms with E-state index < -0.39 is 0 Å². The Morgan fingerprint density at radius 3 is 2.73 bits per heavy atom. The van der Waals surface area contributed by atoms with E-state index in [0.29, 0.717) is 17.6 Å². The highest BCUT2D eigenvalue weighted by Crippen LogP contribution is 2.29. The molecule has 0 fully saturated rings. The van der Waals surface area contributed by atoms with Crippen molar-refractivity contribution in [3.8, 4) is 5.75 Å². The van der Waals surface area contributed by atoms with Crippen LogP contribution in [0.25, 0.3) is 0 Å². The monoisotopic (exact) mass is 273 g/mol. The molecule has 0 saturated carbocycles. The molecule has 0 heterocycles. The Hall–Kier alpha value is -0.580. The molecular formula is C11H16BrNO2. The van der Waals surface area contributed by atoms with Crippen LogP contribution in [0.15, 0.2) is 16.6 Å². The van der Waals surface area contributed by atoms with E-state index in [1.807, 2.05) is 19.1 Å². The van der Waals surface area contributed by atoms with Gasteiger partial charge in [-0.2, -0.15) is 0 Å². The zero-order valence-corrected chi connectivity index (χ0v) is 10.5. The molecule has 0 aliphatic heterocycles. The van der Waals surface area contributed by atoms with Gasteiger partial charge in [-0.1, -0.05) is 6.07 Å². The third-order valence-corrected chi connectivity index (χ3v) is 2.65. The van der Waals surface area contributed by atoms with Crippen molar-refractivity contribution in [1.29, 1.82) is 0 Å². The highest BCUT2D eigenvalue weighted by molar-refractivity contribution is 9.10. The van der Waals surface area contributed by atoms with Crippen molar-refractivity contribution in [2.24, 2.45) is 0 Å². The van der Waals surface area contributed by atoms with Crippen LogP contribution in [0.5, 0.6) is 5.75 Å². The average molecular weight is 274 g/mol. The lowest BCUT2D eigenvalue weighted by Gasteiger charge is -2.10. The molecule has 84 valence electrons. The fourth-order valence-corrected chi connectivity index (χ4v) is 1.97. The van der Waals surface area contributed by atoms with E-state index in [0.717, 1.165) is 11.1 Å². The number of halogens is 1. The van der Waals surface area contributed by atoms with Gasteiger partial charge in [-0.25, -0.2) is 0 Å². The van der Waals surface area contributed by atoms with Gasteiger partial charge in [0.05, 0.1) is 10.6 Å². The highest BCUT2D eigenvalue weighted by atomic mass is 79.9. The van der Waals surface area contributed by atoms with Gasteiger partial charge < -0.3 is 15.5 Å². The van der Waals surface area contributed by atoms with Gasteiger partial charge >= 0.3 is 0 Å². The zero-order chi connectivity index (χ0) is 11.4. The van der Waals surface area contributed by atoms with E-state index in [9.17, 15) is 5.11 Å². The Bertz CT molecular complexity index is 340. The van der Waals surface area contributed by atoms with Gasteiger partial charge in [0.1, 0.15) is 5.75 Å². The summed E-state index contributed by atoms with van der Waals surface area (Å²) >= 11 is 3.29. The summed E-state index contributed by atoms with van der Waals surface area (Å²) in [6, 6.07) is 3.79. The molecule has 0 aliphatic carbocycles.